The number of aliphatic hydroxyl groups is 1. The van der Waals surface area contributed by atoms with Crippen molar-refractivity contribution in [3.05, 3.63) is 28.2 Å². The van der Waals surface area contributed by atoms with Crippen LogP contribution in [-0.4, -0.2) is 16.7 Å². The van der Waals surface area contributed by atoms with Crippen LogP contribution in [0.4, 0.5) is 18.9 Å². The van der Waals surface area contributed by atoms with E-state index in [-0.39, 0.29) is 5.69 Å². The molecule has 0 bridgehead atoms. The van der Waals surface area contributed by atoms with Crippen molar-refractivity contribution in [2.24, 2.45) is 0 Å². The van der Waals surface area contributed by atoms with Gasteiger partial charge in [-0.3, -0.25) is 0 Å². The van der Waals surface area contributed by atoms with E-state index >= 15 is 0 Å². The van der Waals surface area contributed by atoms with Crippen molar-refractivity contribution in [3.63, 3.8) is 0 Å². The predicted molar refractivity (Wildman–Crippen MR) is 68.5 cm³/mol. The first-order valence-corrected chi connectivity index (χ1v) is 6.16. The Hall–Kier alpha value is -0.750. The van der Waals surface area contributed by atoms with E-state index in [9.17, 15) is 18.3 Å². The molecule has 0 saturated carbocycles. The third-order valence-corrected chi connectivity index (χ3v) is 3.28. The molecule has 0 aromatic heterocycles. The molecule has 102 valence electrons. The lowest BCUT2D eigenvalue weighted by Crippen LogP contribution is -2.42. The SMILES string of the molecule is CC(O)C(C)(C)Nc1cc(Br)ccc1C(F)(F)F. The second-order valence-electron chi connectivity index (χ2n) is 4.71. The summed E-state index contributed by atoms with van der Waals surface area (Å²) in [6.07, 6.45) is -5.23. The molecule has 0 spiro atoms. The van der Waals surface area contributed by atoms with Crippen LogP contribution in [0.1, 0.15) is 26.3 Å². The summed E-state index contributed by atoms with van der Waals surface area (Å²) in [5.41, 5.74) is -1.66. The Kier molecular flexibility index (Phi) is 4.33. The third-order valence-electron chi connectivity index (χ3n) is 2.79. The normalized spacial score (nSPS) is 14.4. The van der Waals surface area contributed by atoms with E-state index in [1.54, 1.807) is 13.8 Å². The zero-order valence-electron chi connectivity index (χ0n) is 10.3. The van der Waals surface area contributed by atoms with Crippen LogP contribution in [0.5, 0.6) is 0 Å². The van der Waals surface area contributed by atoms with Crippen LogP contribution in [0.2, 0.25) is 0 Å². The van der Waals surface area contributed by atoms with Gasteiger partial charge in [-0.25, -0.2) is 0 Å². The van der Waals surface area contributed by atoms with Crippen LogP contribution in [0.3, 0.4) is 0 Å². The number of hydrogen-bond acceptors (Lipinski definition) is 2. The van der Waals surface area contributed by atoms with Crippen LogP contribution in [0.25, 0.3) is 0 Å². The minimum absolute atomic E-state index is 0.0530. The van der Waals surface area contributed by atoms with Crippen molar-refractivity contribution in [2.75, 3.05) is 5.32 Å². The van der Waals surface area contributed by atoms with E-state index in [2.05, 4.69) is 21.2 Å². The highest BCUT2D eigenvalue weighted by atomic mass is 79.9. The molecular weight excluding hydrogens is 311 g/mol. The monoisotopic (exact) mass is 325 g/mol. The molecule has 1 rings (SSSR count). The molecule has 0 heterocycles. The lowest BCUT2D eigenvalue weighted by molar-refractivity contribution is -0.137. The van der Waals surface area contributed by atoms with Gasteiger partial charge in [0.25, 0.3) is 0 Å². The average molecular weight is 326 g/mol. The first-order chi connectivity index (χ1) is 8.04. The van der Waals surface area contributed by atoms with Crippen molar-refractivity contribution in [2.45, 2.75) is 38.6 Å². The molecule has 1 atom stereocenters. The van der Waals surface area contributed by atoms with E-state index in [4.69, 9.17) is 0 Å². The fourth-order valence-corrected chi connectivity index (χ4v) is 1.68. The van der Waals surface area contributed by atoms with Crippen molar-refractivity contribution in [3.8, 4) is 0 Å². The maximum atomic E-state index is 12.8. The van der Waals surface area contributed by atoms with Gasteiger partial charge in [0.1, 0.15) is 0 Å². The third kappa shape index (κ3) is 3.62. The summed E-state index contributed by atoms with van der Waals surface area (Å²) in [5.74, 6) is 0. The first kappa shape index (κ1) is 15.3. The van der Waals surface area contributed by atoms with Gasteiger partial charge in [0.2, 0.25) is 0 Å². The topological polar surface area (TPSA) is 32.3 Å². The molecule has 2 N–H and O–H groups in total. The highest BCUT2D eigenvalue weighted by Gasteiger charge is 2.35. The molecule has 0 aliphatic heterocycles. The van der Waals surface area contributed by atoms with Crippen LogP contribution in [0, 0.1) is 0 Å². The molecule has 6 heteroatoms. The van der Waals surface area contributed by atoms with Gasteiger partial charge in [-0.2, -0.15) is 13.2 Å². The highest BCUT2D eigenvalue weighted by Crippen LogP contribution is 2.37. The zero-order chi connectivity index (χ0) is 14.1. The van der Waals surface area contributed by atoms with Gasteiger partial charge in [0, 0.05) is 10.2 Å². The number of alkyl halides is 3. The zero-order valence-corrected chi connectivity index (χ0v) is 11.9. The molecule has 1 aromatic carbocycles. The Labute approximate surface area is 112 Å². The van der Waals surface area contributed by atoms with Crippen molar-refractivity contribution < 1.29 is 18.3 Å². The average Bonchev–Trinajstić information content (AvgIpc) is 2.14. The van der Waals surface area contributed by atoms with Gasteiger partial charge < -0.3 is 10.4 Å². The summed E-state index contributed by atoms with van der Waals surface area (Å²) in [6.45, 7) is 4.80. The van der Waals surface area contributed by atoms with Crippen LogP contribution < -0.4 is 5.32 Å². The highest BCUT2D eigenvalue weighted by molar-refractivity contribution is 9.10. The van der Waals surface area contributed by atoms with Gasteiger partial charge in [0.15, 0.2) is 0 Å². The van der Waals surface area contributed by atoms with Crippen LogP contribution in [0.15, 0.2) is 22.7 Å². The summed E-state index contributed by atoms with van der Waals surface area (Å²) >= 11 is 3.14. The van der Waals surface area contributed by atoms with Crippen molar-refractivity contribution in [1.82, 2.24) is 0 Å². The molecule has 0 aliphatic carbocycles. The molecule has 1 unspecified atom stereocenters. The first-order valence-electron chi connectivity index (χ1n) is 5.37. The number of halogens is 4. The second-order valence-corrected chi connectivity index (χ2v) is 5.63. The fourth-order valence-electron chi connectivity index (χ4n) is 1.32. The smallest absolute Gasteiger partial charge is 0.391 e. The quantitative estimate of drug-likeness (QED) is 0.879. The summed E-state index contributed by atoms with van der Waals surface area (Å²) in [5, 5.41) is 12.3. The Morgan fingerprint density at radius 1 is 1.28 bits per heavy atom. The molecule has 0 amide bonds. The Morgan fingerprint density at radius 2 is 1.83 bits per heavy atom. The molecule has 0 fully saturated rings. The molecule has 0 radical (unpaired) electrons. The van der Waals surface area contributed by atoms with Gasteiger partial charge in [-0.1, -0.05) is 15.9 Å². The van der Waals surface area contributed by atoms with Crippen molar-refractivity contribution >= 4 is 21.6 Å². The molecule has 1 aromatic rings. The van der Waals surface area contributed by atoms with E-state index in [0.717, 1.165) is 6.07 Å². The van der Waals surface area contributed by atoms with Crippen molar-refractivity contribution in [1.29, 1.82) is 0 Å². The lowest BCUT2D eigenvalue weighted by atomic mass is 9.97. The van der Waals surface area contributed by atoms with Crippen LogP contribution >= 0.6 is 15.9 Å². The van der Waals surface area contributed by atoms with Crippen LogP contribution in [-0.2, 0) is 6.18 Å². The Bertz CT molecular complexity index is 430. The largest absolute Gasteiger partial charge is 0.418 e. The molecule has 2 nitrogen and oxygen atoms in total. The number of benzene rings is 1. The maximum absolute atomic E-state index is 12.8. The molecule has 18 heavy (non-hydrogen) atoms. The molecule has 0 aliphatic rings. The molecular formula is C12H15BrF3NO. The summed E-state index contributed by atoms with van der Waals surface area (Å²) < 4.78 is 39.1. The Morgan fingerprint density at radius 3 is 2.28 bits per heavy atom. The summed E-state index contributed by atoms with van der Waals surface area (Å²) in [6, 6.07) is 3.70. The number of anilines is 1. The van der Waals surface area contributed by atoms with Gasteiger partial charge >= 0.3 is 6.18 Å². The standard InChI is InChI=1S/C12H15BrF3NO/c1-7(18)11(2,3)17-10-6-8(13)4-5-9(10)12(14,15)16/h4-7,17-18H,1-3H3. The van der Waals surface area contributed by atoms with Gasteiger partial charge in [0.05, 0.1) is 17.2 Å². The number of nitrogens with one attached hydrogen (secondary N) is 1. The summed E-state index contributed by atoms with van der Waals surface area (Å²) in [4.78, 5) is 0. The van der Waals surface area contributed by atoms with E-state index < -0.39 is 23.4 Å². The predicted octanol–water partition coefficient (Wildman–Crippen LogP) is 4.04. The minimum Gasteiger partial charge on any atom is -0.391 e. The number of rotatable bonds is 3. The second kappa shape index (κ2) is 5.09. The maximum Gasteiger partial charge on any atom is 0.418 e. The molecule has 0 saturated heterocycles. The lowest BCUT2D eigenvalue weighted by Gasteiger charge is -2.32. The van der Waals surface area contributed by atoms with E-state index in [1.807, 2.05) is 0 Å². The van der Waals surface area contributed by atoms with Gasteiger partial charge in [-0.05, 0) is 39.0 Å². The van der Waals surface area contributed by atoms with E-state index in [1.165, 1.54) is 19.1 Å². The minimum atomic E-state index is -4.43. The Balaban J connectivity index is 3.19. The fraction of sp³-hybridized carbons (Fsp3) is 0.500. The number of hydrogen-bond donors (Lipinski definition) is 2. The van der Waals surface area contributed by atoms with E-state index in [0.29, 0.717) is 4.47 Å². The number of aliphatic hydroxyl groups excluding tert-OH is 1. The van der Waals surface area contributed by atoms with Gasteiger partial charge in [-0.15, -0.1) is 0 Å². The summed E-state index contributed by atoms with van der Waals surface area (Å²) in [7, 11) is 0.